The fraction of sp³-hybridized carbons (Fsp3) is 0.467. The van der Waals surface area contributed by atoms with Crippen LogP contribution in [0.4, 0.5) is 5.82 Å². The minimum absolute atomic E-state index is 0.280. The lowest BCUT2D eigenvalue weighted by atomic mass is 10.1. The van der Waals surface area contributed by atoms with Gasteiger partial charge in [0, 0.05) is 6.54 Å². The number of ether oxygens (including phenoxy) is 1. The second-order valence-corrected chi connectivity index (χ2v) is 4.89. The van der Waals surface area contributed by atoms with Crippen LogP contribution in [0.5, 0.6) is 5.88 Å². The standard InChI is InChI=1S/C15H21N3O2/c1-4-7-16-14-13(11(2)3)15(18-10-17-14)20-9-12-6-5-8-19-12/h5-6,8,10-11H,4,7,9H2,1-3H3,(H,16,17,18). The van der Waals surface area contributed by atoms with Gasteiger partial charge >= 0.3 is 0 Å². The Balaban J connectivity index is 2.17. The lowest BCUT2D eigenvalue weighted by Gasteiger charge is -2.16. The fourth-order valence-corrected chi connectivity index (χ4v) is 1.93. The monoisotopic (exact) mass is 275 g/mol. The smallest absolute Gasteiger partial charge is 0.222 e. The summed E-state index contributed by atoms with van der Waals surface area (Å²) < 4.78 is 11.0. The summed E-state index contributed by atoms with van der Waals surface area (Å²) in [5.41, 5.74) is 1.01. The molecule has 2 heterocycles. The minimum Gasteiger partial charge on any atom is -0.469 e. The van der Waals surface area contributed by atoms with Crippen molar-refractivity contribution in [2.75, 3.05) is 11.9 Å². The molecule has 0 radical (unpaired) electrons. The first kappa shape index (κ1) is 14.4. The summed E-state index contributed by atoms with van der Waals surface area (Å²) in [6.07, 6.45) is 4.21. The van der Waals surface area contributed by atoms with E-state index in [1.807, 2.05) is 12.1 Å². The van der Waals surface area contributed by atoms with E-state index in [9.17, 15) is 0 Å². The van der Waals surface area contributed by atoms with Crippen LogP contribution in [0.2, 0.25) is 0 Å². The van der Waals surface area contributed by atoms with Crippen molar-refractivity contribution in [1.29, 1.82) is 0 Å². The van der Waals surface area contributed by atoms with Crippen LogP contribution in [0.1, 0.15) is 44.4 Å². The van der Waals surface area contributed by atoms with Crippen molar-refractivity contribution in [3.8, 4) is 5.88 Å². The number of nitrogens with one attached hydrogen (secondary N) is 1. The van der Waals surface area contributed by atoms with Crippen molar-refractivity contribution in [2.45, 2.75) is 39.7 Å². The summed E-state index contributed by atoms with van der Waals surface area (Å²) in [5.74, 6) is 2.53. The molecule has 0 aliphatic heterocycles. The maximum Gasteiger partial charge on any atom is 0.222 e. The maximum absolute atomic E-state index is 5.78. The van der Waals surface area contributed by atoms with Gasteiger partial charge in [0.15, 0.2) is 0 Å². The van der Waals surface area contributed by atoms with E-state index in [2.05, 4.69) is 36.1 Å². The van der Waals surface area contributed by atoms with Crippen LogP contribution in [0, 0.1) is 0 Å². The molecule has 0 unspecified atom stereocenters. The molecule has 2 rings (SSSR count). The van der Waals surface area contributed by atoms with E-state index in [0.717, 1.165) is 30.1 Å². The van der Waals surface area contributed by atoms with E-state index >= 15 is 0 Å². The normalized spacial score (nSPS) is 10.8. The number of anilines is 1. The molecule has 0 bridgehead atoms. The van der Waals surface area contributed by atoms with Gasteiger partial charge in [-0.1, -0.05) is 20.8 Å². The SMILES string of the molecule is CCCNc1ncnc(OCc2ccco2)c1C(C)C. The lowest BCUT2D eigenvalue weighted by Crippen LogP contribution is -2.10. The molecule has 0 saturated carbocycles. The second kappa shape index (κ2) is 6.93. The largest absolute Gasteiger partial charge is 0.469 e. The Morgan fingerprint density at radius 2 is 2.20 bits per heavy atom. The zero-order valence-corrected chi connectivity index (χ0v) is 12.2. The summed E-state index contributed by atoms with van der Waals surface area (Å²) in [6.45, 7) is 7.59. The molecule has 0 saturated heterocycles. The third kappa shape index (κ3) is 3.50. The van der Waals surface area contributed by atoms with Crippen LogP contribution in [0.25, 0.3) is 0 Å². The van der Waals surface area contributed by atoms with Gasteiger partial charge in [-0.15, -0.1) is 0 Å². The van der Waals surface area contributed by atoms with Crippen LogP contribution < -0.4 is 10.1 Å². The molecule has 108 valence electrons. The summed E-state index contributed by atoms with van der Waals surface area (Å²) in [5, 5.41) is 3.32. The molecular weight excluding hydrogens is 254 g/mol. The number of aromatic nitrogens is 2. The number of rotatable bonds is 7. The zero-order chi connectivity index (χ0) is 14.4. The Morgan fingerprint density at radius 3 is 2.85 bits per heavy atom. The molecule has 0 amide bonds. The van der Waals surface area contributed by atoms with Crippen molar-refractivity contribution in [1.82, 2.24) is 9.97 Å². The number of furan rings is 1. The van der Waals surface area contributed by atoms with Crippen molar-refractivity contribution < 1.29 is 9.15 Å². The van der Waals surface area contributed by atoms with E-state index < -0.39 is 0 Å². The molecular formula is C15H21N3O2. The molecule has 2 aromatic heterocycles. The Morgan fingerprint density at radius 1 is 1.35 bits per heavy atom. The highest BCUT2D eigenvalue weighted by atomic mass is 16.5. The van der Waals surface area contributed by atoms with Crippen LogP contribution >= 0.6 is 0 Å². The number of nitrogens with zero attached hydrogens (tertiary/aromatic N) is 2. The fourth-order valence-electron chi connectivity index (χ4n) is 1.93. The van der Waals surface area contributed by atoms with Gasteiger partial charge in [0.2, 0.25) is 5.88 Å². The van der Waals surface area contributed by atoms with Crippen LogP contribution in [0.15, 0.2) is 29.1 Å². The maximum atomic E-state index is 5.78. The molecule has 5 nitrogen and oxygen atoms in total. The van der Waals surface area contributed by atoms with Gasteiger partial charge in [0.1, 0.15) is 24.5 Å². The van der Waals surface area contributed by atoms with Gasteiger partial charge in [0.05, 0.1) is 11.8 Å². The van der Waals surface area contributed by atoms with E-state index in [0.29, 0.717) is 12.5 Å². The molecule has 1 N–H and O–H groups in total. The number of hydrogen-bond donors (Lipinski definition) is 1. The minimum atomic E-state index is 0.280. The predicted molar refractivity (Wildman–Crippen MR) is 77.9 cm³/mol. The van der Waals surface area contributed by atoms with Gasteiger partial charge in [-0.2, -0.15) is 0 Å². The highest BCUT2D eigenvalue weighted by Crippen LogP contribution is 2.30. The van der Waals surface area contributed by atoms with Crippen LogP contribution in [-0.4, -0.2) is 16.5 Å². The topological polar surface area (TPSA) is 60.2 Å². The van der Waals surface area contributed by atoms with E-state index in [4.69, 9.17) is 9.15 Å². The van der Waals surface area contributed by atoms with E-state index in [1.165, 1.54) is 6.33 Å². The third-order valence-corrected chi connectivity index (χ3v) is 2.90. The van der Waals surface area contributed by atoms with Crippen molar-refractivity contribution in [3.63, 3.8) is 0 Å². The molecule has 5 heteroatoms. The average Bonchev–Trinajstić information content (AvgIpc) is 2.95. The Kier molecular flexibility index (Phi) is 4.98. The summed E-state index contributed by atoms with van der Waals surface area (Å²) in [6, 6.07) is 3.72. The van der Waals surface area contributed by atoms with E-state index in [-0.39, 0.29) is 5.92 Å². The Bertz CT molecular complexity index is 524. The zero-order valence-electron chi connectivity index (χ0n) is 12.2. The average molecular weight is 275 g/mol. The van der Waals surface area contributed by atoms with Gasteiger partial charge < -0.3 is 14.5 Å². The quantitative estimate of drug-likeness (QED) is 0.836. The summed E-state index contributed by atoms with van der Waals surface area (Å²) in [7, 11) is 0. The number of hydrogen-bond acceptors (Lipinski definition) is 5. The highest BCUT2D eigenvalue weighted by Gasteiger charge is 2.16. The molecule has 20 heavy (non-hydrogen) atoms. The molecule has 2 aromatic rings. The highest BCUT2D eigenvalue weighted by molar-refractivity contribution is 5.50. The van der Waals surface area contributed by atoms with Gasteiger partial charge in [-0.3, -0.25) is 0 Å². The van der Waals surface area contributed by atoms with Crippen molar-refractivity contribution >= 4 is 5.82 Å². The lowest BCUT2D eigenvalue weighted by molar-refractivity contribution is 0.256. The first-order chi connectivity index (χ1) is 9.72. The van der Waals surface area contributed by atoms with Crippen LogP contribution in [0.3, 0.4) is 0 Å². The van der Waals surface area contributed by atoms with Crippen LogP contribution in [-0.2, 0) is 6.61 Å². The van der Waals surface area contributed by atoms with E-state index in [1.54, 1.807) is 6.26 Å². The molecule has 0 fully saturated rings. The van der Waals surface area contributed by atoms with Crippen molar-refractivity contribution in [2.24, 2.45) is 0 Å². The Labute approximate surface area is 119 Å². The summed E-state index contributed by atoms with van der Waals surface area (Å²) >= 11 is 0. The first-order valence-electron chi connectivity index (χ1n) is 6.96. The second-order valence-electron chi connectivity index (χ2n) is 4.89. The van der Waals surface area contributed by atoms with Gasteiger partial charge in [-0.25, -0.2) is 9.97 Å². The molecule has 0 aliphatic rings. The Hall–Kier alpha value is -2.04. The summed E-state index contributed by atoms with van der Waals surface area (Å²) in [4.78, 5) is 8.57. The predicted octanol–water partition coefficient (Wildman–Crippen LogP) is 3.59. The van der Waals surface area contributed by atoms with Gasteiger partial charge in [-0.05, 0) is 24.5 Å². The van der Waals surface area contributed by atoms with Gasteiger partial charge in [0.25, 0.3) is 0 Å². The molecule has 0 atom stereocenters. The molecule has 0 spiro atoms. The van der Waals surface area contributed by atoms with Crippen molar-refractivity contribution in [3.05, 3.63) is 36.0 Å². The first-order valence-corrected chi connectivity index (χ1v) is 6.96. The molecule has 0 aliphatic carbocycles. The third-order valence-electron chi connectivity index (χ3n) is 2.90. The molecule has 0 aromatic carbocycles.